The number of ether oxygens (including phenoxy) is 2. The molecule has 2 rings (SSSR count). The number of aromatic nitrogens is 2. The maximum Gasteiger partial charge on any atom is 0.249 e. The van der Waals surface area contributed by atoms with Crippen LogP contribution in [0, 0.1) is 11.3 Å². The van der Waals surface area contributed by atoms with E-state index in [1.54, 1.807) is 32.4 Å². The SMILES string of the molecule is COc1cc(/C=C/C(=O)Nc2c(C#N)cnn2C)cc(Br)c1OC. The number of carbonyl (C=O) groups excluding carboxylic acids is 1. The summed E-state index contributed by atoms with van der Waals surface area (Å²) in [4.78, 5) is 12.1. The standard InChI is InChI=1S/C16H15BrN4O3/c1-21-16(11(8-18)9-19-21)20-14(22)5-4-10-6-12(17)15(24-3)13(7-10)23-2/h4-7,9H,1-3H3,(H,20,22)/b5-4+. The summed E-state index contributed by atoms with van der Waals surface area (Å²) >= 11 is 3.40. The normalized spacial score (nSPS) is 10.5. The lowest BCUT2D eigenvalue weighted by atomic mass is 10.2. The van der Waals surface area contributed by atoms with E-state index in [4.69, 9.17) is 14.7 Å². The minimum absolute atomic E-state index is 0.299. The van der Waals surface area contributed by atoms with Crippen molar-refractivity contribution in [2.45, 2.75) is 0 Å². The number of halogens is 1. The lowest BCUT2D eigenvalue weighted by molar-refractivity contribution is -0.111. The molecule has 0 bridgehead atoms. The van der Waals surface area contributed by atoms with Crippen molar-refractivity contribution in [3.63, 3.8) is 0 Å². The van der Waals surface area contributed by atoms with Gasteiger partial charge in [-0.3, -0.25) is 9.48 Å². The molecule has 7 nitrogen and oxygen atoms in total. The van der Waals surface area contributed by atoms with Gasteiger partial charge in [-0.05, 0) is 39.7 Å². The maximum atomic E-state index is 12.1. The summed E-state index contributed by atoms with van der Waals surface area (Å²) in [6.07, 6.45) is 4.39. The second-order valence-corrected chi connectivity index (χ2v) is 5.56. The fourth-order valence-electron chi connectivity index (χ4n) is 2.03. The summed E-state index contributed by atoms with van der Waals surface area (Å²) in [6.45, 7) is 0. The summed E-state index contributed by atoms with van der Waals surface area (Å²) in [7, 11) is 4.73. The Morgan fingerprint density at radius 2 is 2.17 bits per heavy atom. The number of nitrogens with one attached hydrogen (secondary N) is 1. The molecule has 0 radical (unpaired) electrons. The number of anilines is 1. The van der Waals surface area contributed by atoms with E-state index < -0.39 is 0 Å². The smallest absolute Gasteiger partial charge is 0.249 e. The van der Waals surface area contributed by atoms with Gasteiger partial charge in [-0.1, -0.05) is 0 Å². The molecule has 1 amide bonds. The highest BCUT2D eigenvalue weighted by atomic mass is 79.9. The van der Waals surface area contributed by atoms with Crippen LogP contribution in [0.1, 0.15) is 11.1 Å². The van der Waals surface area contributed by atoms with Crippen LogP contribution in [-0.4, -0.2) is 29.9 Å². The molecule has 1 heterocycles. The van der Waals surface area contributed by atoms with Gasteiger partial charge in [-0.15, -0.1) is 0 Å². The number of nitriles is 1. The largest absolute Gasteiger partial charge is 0.493 e. The van der Waals surface area contributed by atoms with Crippen LogP contribution in [0.25, 0.3) is 6.08 Å². The average molecular weight is 391 g/mol. The number of carbonyl (C=O) groups is 1. The van der Waals surface area contributed by atoms with E-state index in [2.05, 4.69) is 26.3 Å². The number of benzene rings is 1. The Labute approximate surface area is 147 Å². The van der Waals surface area contributed by atoms with Crippen LogP contribution < -0.4 is 14.8 Å². The van der Waals surface area contributed by atoms with Crippen molar-refractivity contribution < 1.29 is 14.3 Å². The molecule has 0 aliphatic heterocycles. The predicted molar refractivity (Wildman–Crippen MR) is 92.8 cm³/mol. The van der Waals surface area contributed by atoms with E-state index in [1.807, 2.05) is 6.07 Å². The predicted octanol–water partition coefficient (Wildman–Crippen LogP) is 2.72. The highest BCUT2D eigenvalue weighted by molar-refractivity contribution is 9.10. The highest BCUT2D eigenvalue weighted by Gasteiger charge is 2.11. The Hall–Kier alpha value is -2.79. The molecule has 1 aromatic carbocycles. The molecule has 8 heteroatoms. The molecular weight excluding hydrogens is 376 g/mol. The van der Waals surface area contributed by atoms with Crippen LogP contribution >= 0.6 is 15.9 Å². The fourth-order valence-corrected chi connectivity index (χ4v) is 2.65. The lowest BCUT2D eigenvalue weighted by Crippen LogP contribution is -2.12. The van der Waals surface area contributed by atoms with Crippen LogP contribution in [0.15, 0.2) is 28.9 Å². The first kappa shape index (κ1) is 17.6. The van der Waals surface area contributed by atoms with Crippen molar-refractivity contribution in [1.82, 2.24) is 9.78 Å². The molecule has 24 heavy (non-hydrogen) atoms. The minimum atomic E-state index is -0.374. The Bertz CT molecular complexity index is 837. The van der Waals surface area contributed by atoms with Crippen molar-refractivity contribution in [1.29, 1.82) is 5.26 Å². The van der Waals surface area contributed by atoms with E-state index in [-0.39, 0.29) is 5.91 Å². The highest BCUT2D eigenvalue weighted by Crippen LogP contribution is 2.36. The Morgan fingerprint density at radius 1 is 1.42 bits per heavy atom. The third kappa shape index (κ3) is 3.75. The van der Waals surface area contributed by atoms with Crippen LogP contribution in [0.4, 0.5) is 5.82 Å². The molecule has 0 fully saturated rings. The molecule has 0 spiro atoms. The molecule has 1 aromatic heterocycles. The van der Waals surface area contributed by atoms with Crippen LogP contribution in [0.2, 0.25) is 0 Å². The van der Waals surface area contributed by atoms with Gasteiger partial charge in [0.05, 0.1) is 24.9 Å². The van der Waals surface area contributed by atoms with E-state index in [0.717, 1.165) is 5.56 Å². The zero-order chi connectivity index (χ0) is 17.7. The van der Waals surface area contributed by atoms with Crippen molar-refractivity contribution in [3.8, 4) is 17.6 Å². The zero-order valence-electron chi connectivity index (χ0n) is 13.3. The molecule has 2 aromatic rings. The molecule has 0 unspecified atom stereocenters. The Morgan fingerprint density at radius 3 is 2.79 bits per heavy atom. The van der Waals surface area contributed by atoms with Crippen molar-refractivity contribution in [2.75, 3.05) is 19.5 Å². The van der Waals surface area contributed by atoms with E-state index in [9.17, 15) is 4.79 Å². The van der Waals surface area contributed by atoms with Gasteiger partial charge in [0.1, 0.15) is 17.5 Å². The third-order valence-electron chi connectivity index (χ3n) is 3.18. The van der Waals surface area contributed by atoms with Gasteiger partial charge in [0.25, 0.3) is 0 Å². The average Bonchev–Trinajstić information content (AvgIpc) is 2.92. The van der Waals surface area contributed by atoms with Crippen molar-refractivity contribution >= 4 is 33.7 Å². The minimum Gasteiger partial charge on any atom is -0.493 e. The number of hydrogen-bond donors (Lipinski definition) is 1. The number of amides is 1. The van der Waals surface area contributed by atoms with Gasteiger partial charge in [-0.25, -0.2) is 0 Å². The topological polar surface area (TPSA) is 89.2 Å². The number of rotatable bonds is 5. The Balaban J connectivity index is 2.19. The zero-order valence-corrected chi connectivity index (χ0v) is 14.9. The van der Waals surface area contributed by atoms with Gasteiger partial charge >= 0.3 is 0 Å². The summed E-state index contributed by atoms with van der Waals surface area (Å²) in [5.41, 5.74) is 1.05. The first-order valence-electron chi connectivity index (χ1n) is 6.82. The summed E-state index contributed by atoms with van der Waals surface area (Å²) in [5.74, 6) is 1.10. The number of hydrogen-bond acceptors (Lipinski definition) is 5. The second kappa shape index (κ2) is 7.66. The van der Waals surface area contributed by atoms with Gasteiger partial charge in [-0.2, -0.15) is 10.4 Å². The first-order chi connectivity index (χ1) is 11.5. The summed E-state index contributed by atoms with van der Waals surface area (Å²) in [5, 5.41) is 15.5. The van der Waals surface area contributed by atoms with Crippen LogP contribution in [0.5, 0.6) is 11.5 Å². The lowest BCUT2D eigenvalue weighted by Gasteiger charge is -2.10. The second-order valence-electron chi connectivity index (χ2n) is 4.70. The molecule has 0 aliphatic rings. The van der Waals surface area contributed by atoms with Gasteiger partial charge in [0.15, 0.2) is 11.5 Å². The molecule has 1 N–H and O–H groups in total. The first-order valence-corrected chi connectivity index (χ1v) is 7.62. The number of aryl methyl sites for hydroxylation is 1. The fraction of sp³-hybridized carbons (Fsp3) is 0.188. The molecule has 0 saturated heterocycles. The molecular formula is C16H15BrN4O3. The molecule has 0 aliphatic carbocycles. The summed E-state index contributed by atoms with van der Waals surface area (Å²) in [6, 6.07) is 5.52. The van der Waals surface area contributed by atoms with E-state index >= 15 is 0 Å². The van der Waals surface area contributed by atoms with Crippen LogP contribution in [0.3, 0.4) is 0 Å². The van der Waals surface area contributed by atoms with Crippen molar-refractivity contribution in [3.05, 3.63) is 40.0 Å². The maximum absolute atomic E-state index is 12.1. The van der Waals surface area contributed by atoms with Gasteiger partial charge in [0, 0.05) is 13.1 Å². The monoisotopic (exact) mass is 390 g/mol. The van der Waals surface area contributed by atoms with Crippen molar-refractivity contribution in [2.24, 2.45) is 7.05 Å². The number of methoxy groups -OCH3 is 2. The van der Waals surface area contributed by atoms with Gasteiger partial charge in [0.2, 0.25) is 5.91 Å². The summed E-state index contributed by atoms with van der Waals surface area (Å²) < 4.78 is 12.6. The Kier molecular flexibility index (Phi) is 5.60. The molecule has 124 valence electrons. The van der Waals surface area contributed by atoms with E-state index in [0.29, 0.717) is 27.4 Å². The quantitative estimate of drug-likeness (QED) is 0.792. The van der Waals surface area contributed by atoms with Gasteiger partial charge < -0.3 is 14.8 Å². The van der Waals surface area contributed by atoms with Crippen LogP contribution in [-0.2, 0) is 11.8 Å². The molecule has 0 saturated carbocycles. The van der Waals surface area contributed by atoms with E-state index in [1.165, 1.54) is 24.1 Å². The molecule has 0 atom stereocenters. The third-order valence-corrected chi connectivity index (χ3v) is 3.77. The number of nitrogens with zero attached hydrogens (tertiary/aromatic N) is 3.